The highest BCUT2D eigenvalue weighted by Gasteiger charge is 2.71. The maximum atomic E-state index is 12.6. The second-order valence-electron chi connectivity index (χ2n) is 8.24. The Morgan fingerprint density at radius 3 is 2.24 bits per heavy atom. The Morgan fingerprint density at radius 1 is 1.28 bits per heavy atom. The number of hydrogen-bond donors (Lipinski definition) is 1. The van der Waals surface area contributed by atoms with E-state index in [1.165, 1.54) is 0 Å². The van der Waals surface area contributed by atoms with E-state index >= 15 is 0 Å². The molecule has 1 aromatic carbocycles. The molecule has 3 aliphatic heterocycles. The molecule has 7 atom stereocenters. The molecule has 162 valence electrons. The average Bonchev–Trinajstić information content (AvgIpc) is 3.40. The smallest absolute Gasteiger partial charge is 0.316 e. The van der Waals surface area contributed by atoms with E-state index in [9.17, 15) is 9.90 Å². The number of benzene rings is 1. The van der Waals surface area contributed by atoms with Crippen molar-refractivity contribution < 1.29 is 36.8 Å². The van der Waals surface area contributed by atoms with Gasteiger partial charge in [-0.25, -0.2) is 8.42 Å². The van der Waals surface area contributed by atoms with Crippen LogP contribution in [0.4, 0.5) is 0 Å². The highest BCUT2D eigenvalue weighted by Crippen LogP contribution is 2.52. The first kappa shape index (κ1) is 22.2. The lowest BCUT2D eigenvalue weighted by molar-refractivity contribution is -0.954. The van der Waals surface area contributed by atoms with Crippen LogP contribution in [0.1, 0.15) is 31.2 Å². The summed E-state index contributed by atoms with van der Waals surface area (Å²) in [5.41, 5.74) is 0.809. The summed E-state index contributed by atoms with van der Waals surface area (Å²) in [6.45, 7) is 3.10. The Morgan fingerprint density at radius 2 is 1.79 bits per heavy atom. The zero-order valence-electron chi connectivity index (χ0n) is 16.9. The number of rotatable bonds is 5. The lowest BCUT2D eigenvalue weighted by Gasteiger charge is -2.47. The Kier molecular flexibility index (Phi) is 6.35. The molecule has 3 aliphatic rings. The molecule has 3 unspecified atom stereocenters. The molecule has 0 saturated carbocycles. The molecule has 3 heterocycles. The molecule has 1 N–H and O–H groups in total. The van der Waals surface area contributed by atoms with Crippen molar-refractivity contribution in [2.75, 3.05) is 26.5 Å². The maximum absolute atomic E-state index is 12.6. The van der Waals surface area contributed by atoms with Crippen LogP contribution in [0.3, 0.4) is 0 Å². The van der Waals surface area contributed by atoms with Crippen LogP contribution in [0, 0.1) is 0 Å². The number of morpholine rings is 1. The van der Waals surface area contributed by atoms with E-state index in [2.05, 4.69) is 14.0 Å². The number of epoxide rings is 1. The molecule has 0 spiro atoms. The van der Waals surface area contributed by atoms with E-state index in [1.54, 1.807) is 0 Å². The van der Waals surface area contributed by atoms with E-state index in [-0.39, 0.29) is 18.7 Å². The van der Waals surface area contributed by atoms with E-state index in [4.69, 9.17) is 22.4 Å². The first-order chi connectivity index (χ1) is 13.6. The summed E-state index contributed by atoms with van der Waals surface area (Å²) >= 11 is 0. The number of fused-ring (bicyclic) bond motifs is 5. The first-order valence-corrected chi connectivity index (χ1v) is 11.7. The first-order valence-electron chi connectivity index (χ1n) is 9.86. The zero-order chi connectivity index (χ0) is 21.4. The fourth-order valence-electron chi connectivity index (χ4n) is 4.87. The van der Waals surface area contributed by atoms with Crippen LogP contribution >= 0.6 is 0 Å². The summed E-state index contributed by atoms with van der Waals surface area (Å²) in [6, 6.07) is 10.2. The van der Waals surface area contributed by atoms with E-state index < -0.39 is 16.0 Å². The van der Waals surface area contributed by atoms with Crippen molar-refractivity contribution in [3.63, 3.8) is 0 Å². The van der Waals surface area contributed by atoms with Gasteiger partial charge in [-0.2, -0.15) is 0 Å². The van der Waals surface area contributed by atoms with Gasteiger partial charge in [0.25, 0.3) is 0 Å². The van der Waals surface area contributed by atoms with Gasteiger partial charge in [0.2, 0.25) is 0 Å². The van der Waals surface area contributed by atoms with Crippen LogP contribution in [0.15, 0.2) is 30.3 Å². The number of ether oxygens (including phenoxy) is 2. The number of carbonyl (C=O) groups excluding carboxylic acids is 1. The summed E-state index contributed by atoms with van der Waals surface area (Å²) in [6.07, 6.45) is 2.98. The van der Waals surface area contributed by atoms with Gasteiger partial charge in [0.1, 0.15) is 36.3 Å². The average molecular weight is 428 g/mol. The minimum absolute atomic E-state index is 0.0561. The van der Waals surface area contributed by atoms with Crippen molar-refractivity contribution in [2.45, 2.75) is 56.1 Å². The number of esters is 1. The standard InChI is InChI=1S/C19H26NO4.CH4O3S/c1-3-20(2)15-9-13(10-16(20)18-17(15)24-18)23-19(22)14(11-21)12-7-5-4-6-8-12;1-5(2,3)4/h4-8,13-18,21H,3,9-11H2,1-2H3;1H3,(H,2,3,4)/q+1;/p-1/t13?,14?,15-,16+,17+,18-,20?;. The van der Waals surface area contributed by atoms with Gasteiger partial charge in [0.15, 0.2) is 0 Å². The number of quaternary nitrogens is 1. The van der Waals surface area contributed by atoms with Gasteiger partial charge >= 0.3 is 5.97 Å². The molecule has 29 heavy (non-hydrogen) atoms. The number of aliphatic hydroxyl groups is 1. The van der Waals surface area contributed by atoms with Crippen molar-refractivity contribution >= 4 is 16.1 Å². The summed E-state index contributed by atoms with van der Waals surface area (Å²) in [5, 5.41) is 9.64. The minimum Gasteiger partial charge on any atom is -0.748 e. The van der Waals surface area contributed by atoms with Crippen molar-refractivity contribution in [1.82, 2.24) is 0 Å². The molecule has 3 fully saturated rings. The molecule has 8 nitrogen and oxygen atoms in total. The van der Waals surface area contributed by atoms with Gasteiger partial charge in [0.05, 0.1) is 30.3 Å². The summed E-state index contributed by atoms with van der Waals surface area (Å²) < 4.78 is 39.9. The summed E-state index contributed by atoms with van der Waals surface area (Å²) in [4.78, 5) is 12.6. The quantitative estimate of drug-likeness (QED) is 0.317. The molecule has 0 aromatic heterocycles. The SMILES string of the molecule is CC[N+]1(C)[C@@H]2CC(OC(=O)C(CO)c3ccccc3)C[C@H]1[C@H]1O[C@H]12.CS(=O)(=O)[O-]. The Labute approximate surface area is 171 Å². The van der Waals surface area contributed by atoms with Crippen molar-refractivity contribution in [3.8, 4) is 0 Å². The molecule has 1 aromatic rings. The van der Waals surface area contributed by atoms with Crippen LogP contribution < -0.4 is 0 Å². The fourth-order valence-corrected chi connectivity index (χ4v) is 4.87. The Balaban J connectivity index is 0.000000431. The Hall–Kier alpha value is -1.52. The molecule has 2 bridgehead atoms. The lowest BCUT2D eigenvalue weighted by Crippen LogP contribution is -2.62. The normalized spacial score (nSPS) is 35.7. The van der Waals surface area contributed by atoms with Gasteiger partial charge in [0, 0.05) is 19.1 Å². The van der Waals surface area contributed by atoms with Gasteiger partial charge in [-0.05, 0) is 12.5 Å². The van der Waals surface area contributed by atoms with Crippen molar-refractivity contribution in [2.24, 2.45) is 0 Å². The third kappa shape index (κ3) is 4.80. The second-order valence-corrected chi connectivity index (χ2v) is 9.65. The second kappa shape index (κ2) is 8.31. The number of nitrogens with zero attached hydrogens (tertiary/aromatic N) is 1. The van der Waals surface area contributed by atoms with Gasteiger partial charge < -0.3 is 23.6 Å². The Bertz CT molecular complexity index is 802. The molecular formula is C20H29NO7S. The molecule has 4 rings (SSSR count). The molecule has 0 radical (unpaired) electrons. The largest absolute Gasteiger partial charge is 0.748 e. The number of carbonyl (C=O) groups is 1. The van der Waals surface area contributed by atoms with Crippen LogP contribution in [0.25, 0.3) is 0 Å². The minimum atomic E-state index is -3.92. The van der Waals surface area contributed by atoms with Gasteiger partial charge in [-0.1, -0.05) is 30.3 Å². The maximum Gasteiger partial charge on any atom is 0.316 e. The van der Waals surface area contributed by atoms with E-state index in [0.29, 0.717) is 30.5 Å². The fraction of sp³-hybridized carbons (Fsp3) is 0.650. The topological polar surface area (TPSA) is 116 Å². The predicted molar refractivity (Wildman–Crippen MR) is 104 cm³/mol. The molecule has 9 heteroatoms. The van der Waals surface area contributed by atoms with Crippen LogP contribution in [0.5, 0.6) is 0 Å². The highest BCUT2D eigenvalue weighted by molar-refractivity contribution is 7.84. The summed E-state index contributed by atoms with van der Waals surface area (Å²) in [7, 11) is -1.61. The predicted octanol–water partition coefficient (Wildman–Crippen LogP) is 0.614. The van der Waals surface area contributed by atoms with Gasteiger partial charge in [-0.3, -0.25) is 4.79 Å². The number of likely N-dealkylation sites (N-methyl/N-ethyl adjacent to an activating group) is 1. The summed E-state index contributed by atoms with van der Waals surface area (Å²) in [5.74, 6) is -0.904. The number of aliphatic hydroxyl groups excluding tert-OH is 1. The molecular weight excluding hydrogens is 398 g/mol. The van der Waals surface area contributed by atoms with Crippen LogP contribution in [-0.2, 0) is 24.4 Å². The lowest BCUT2D eigenvalue weighted by atomic mass is 9.95. The van der Waals surface area contributed by atoms with E-state index in [1.807, 2.05) is 30.3 Å². The van der Waals surface area contributed by atoms with E-state index in [0.717, 1.165) is 29.4 Å². The van der Waals surface area contributed by atoms with Crippen molar-refractivity contribution in [1.29, 1.82) is 0 Å². The van der Waals surface area contributed by atoms with Crippen LogP contribution in [0.2, 0.25) is 0 Å². The van der Waals surface area contributed by atoms with Crippen LogP contribution in [-0.4, -0.2) is 85.4 Å². The number of piperidine rings is 1. The zero-order valence-corrected chi connectivity index (χ0v) is 17.7. The highest BCUT2D eigenvalue weighted by atomic mass is 32.2. The monoisotopic (exact) mass is 427 g/mol. The van der Waals surface area contributed by atoms with Crippen molar-refractivity contribution in [3.05, 3.63) is 35.9 Å². The van der Waals surface area contributed by atoms with Gasteiger partial charge in [-0.15, -0.1) is 0 Å². The third-order valence-corrected chi connectivity index (χ3v) is 6.48. The molecule has 0 aliphatic carbocycles. The third-order valence-electron chi connectivity index (χ3n) is 6.48. The molecule has 0 amide bonds. The number of hydrogen-bond acceptors (Lipinski definition) is 7. The molecule has 3 saturated heterocycles.